The minimum absolute atomic E-state index is 0.171. The maximum absolute atomic E-state index is 5.92. The van der Waals surface area contributed by atoms with Gasteiger partial charge in [-0.2, -0.15) is 0 Å². The Bertz CT molecular complexity index is 531. The lowest BCUT2D eigenvalue weighted by atomic mass is 10.0. The Morgan fingerprint density at radius 1 is 1.21 bits per heavy atom. The van der Waals surface area contributed by atoms with Crippen molar-refractivity contribution in [2.75, 3.05) is 11.9 Å². The van der Waals surface area contributed by atoms with E-state index in [0.717, 1.165) is 18.7 Å². The van der Waals surface area contributed by atoms with Crippen LogP contribution in [0.1, 0.15) is 23.8 Å². The zero-order valence-corrected chi connectivity index (χ0v) is 11.9. The van der Waals surface area contributed by atoms with Gasteiger partial charge in [0.15, 0.2) is 0 Å². The molecule has 102 valence electrons. The highest BCUT2D eigenvalue weighted by molar-refractivity contribution is 5.53. The van der Waals surface area contributed by atoms with Gasteiger partial charge in [0.1, 0.15) is 5.76 Å². The molecule has 0 aliphatic rings. The summed E-state index contributed by atoms with van der Waals surface area (Å²) >= 11 is 0. The van der Waals surface area contributed by atoms with Gasteiger partial charge in [-0.3, -0.25) is 0 Å². The second kappa shape index (κ2) is 5.93. The average molecular weight is 258 g/mol. The lowest BCUT2D eigenvalue weighted by Crippen LogP contribution is -2.22. The first kappa shape index (κ1) is 13.7. The molecular formula is C16H22N2O. The highest BCUT2D eigenvalue weighted by Crippen LogP contribution is 2.23. The summed E-state index contributed by atoms with van der Waals surface area (Å²) in [7, 11) is 2.10. The van der Waals surface area contributed by atoms with Crippen LogP contribution in [0.3, 0.4) is 0 Å². The Balaban J connectivity index is 2.19. The van der Waals surface area contributed by atoms with Crippen LogP contribution in [0.25, 0.3) is 0 Å². The Labute approximate surface area is 115 Å². The van der Waals surface area contributed by atoms with Crippen LogP contribution in [0.15, 0.2) is 41.0 Å². The maximum atomic E-state index is 5.92. The van der Waals surface area contributed by atoms with E-state index in [1.807, 2.05) is 19.9 Å². The monoisotopic (exact) mass is 258 g/mol. The third-order valence-electron chi connectivity index (χ3n) is 3.32. The van der Waals surface area contributed by atoms with Crippen molar-refractivity contribution in [1.82, 2.24) is 0 Å². The van der Waals surface area contributed by atoms with Crippen LogP contribution >= 0.6 is 0 Å². The van der Waals surface area contributed by atoms with Gasteiger partial charge in [0.25, 0.3) is 0 Å². The third-order valence-corrected chi connectivity index (χ3v) is 3.32. The van der Waals surface area contributed by atoms with E-state index in [9.17, 15) is 0 Å². The van der Waals surface area contributed by atoms with Crippen LogP contribution in [0, 0.1) is 6.92 Å². The molecule has 2 N–H and O–H groups in total. The fourth-order valence-corrected chi connectivity index (χ4v) is 2.32. The fraction of sp³-hybridized carbons (Fsp3) is 0.375. The molecule has 0 spiro atoms. The number of benzene rings is 1. The van der Waals surface area contributed by atoms with Gasteiger partial charge in [-0.05, 0) is 38.0 Å². The van der Waals surface area contributed by atoms with Gasteiger partial charge >= 0.3 is 0 Å². The largest absolute Gasteiger partial charge is 0.469 e. The van der Waals surface area contributed by atoms with Crippen molar-refractivity contribution in [3.05, 3.63) is 53.5 Å². The third kappa shape index (κ3) is 3.38. The Hall–Kier alpha value is -1.74. The zero-order valence-electron chi connectivity index (χ0n) is 11.9. The van der Waals surface area contributed by atoms with E-state index in [2.05, 4.69) is 36.2 Å². The fourth-order valence-electron chi connectivity index (χ4n) is 2.32. The van der Waals surface area contributed by atoms with Gasteiger partial charge in [-0.15, -0.1) is 0 Å². The molecule has 19 heavy (non-hydrogen) atoms. The number of para-hydroxylation sites is 1. The number of anilines is 1. The van der Waals surface area contributed by atoms with E-state index in [1.54, 1.807) is 6.26 Å². The zero-order chi connectivity index (χ0) is 13.8. The Morgan fingerprint density at radius 3 is 2.58 bits per heavy atom. The summed E-state index contributed by atoms with van der Waals surface area (Å²) in [6.45, 7) is 4.88. The maximum Gasteiger partial charge on any atom is 0.105 e. The van der Waals surface area contributed by atoms with Crippen molar-refractivity contribution >= 4 is 5.69 Å². The van der Waals surface area contributed by atoms with Crippen molar-refractivity contribution in [2.45, 2.75) is 32.9 Å². The molecule has 1 aromatic heterocycles. The number of hydrogen-bond donors (Lipinski definition) is 1. The summed E-state index contributed by atoms with van der Waals surface area (Å²) < 4.78 is 5.35. The molecule has 0 saturated heterocycles. The summed E-state index contributed by atoms with van der Waals surface area (Å²) in [5.74, 6) is 0.983. The molecule has 2 aromatic rings. The van der Waals surface area contributed by atoms with E-state index in [-0.39, 0.29) is 6.04 Å². The number of furan rings is 1. The molecule has 0 fully saturated rings. The van der Waals surface area contributed by atoms with Gasteiger partial charge in [0, 0.05) is 30.9 Å². The van der Waals surface area contributed by atoms with E-state index in [4.69, 9.17) is 10.2 Å². The van der Waals surface area contributed by atoms with Gasteiger partial charge in [0.2, 0.25) is 0 Å². The molecule has 0 aliphatic heterocycles. The predicted molar refractivity (Wildman–Crippen MR) is 79.3 cm³/mol. The van der Waals surface area contributed by atoms with Gasteiger partial charge in [0.05, 0.1) is 6.26 Å². The molecule has 0 aliphatic carbocycles. The molecule has 0 bridgehead atoms. The Morgan fingerprint density at radius 2 is 1.95 bits per heavy atom. The van der Waals surface area contributed by atoms with Gasteiger partial charge < -0.3 is 15.1 Å². The van der Waals surface area contributed by atoms with Gasteiger partial charge in [-0.25, -0.2) is 0 Å². The number of aryl methyl sites for hydroxylation is 1. The summed E-state index contributed by atoms with van der Waals surface area (Å²) in [4.78, 5) is 2.25. The van der Waals surface area contributed by atoms with Crippen LogP contribution in [0.5, 0.6) is 0 Å². The molecule has 1 aromatic carbocycles. The normalized spacial score (nSPS) is 12.4. The molecule has 1 unspecified atom stereocenters. The first-order valence-corrected chi connectivity index (χ1v) is 6.65. The van der Waals surface area contributed by atoms with Crippen molar-refractivity contribution in [3.63, 3.8) is 0 Å². The number of hydrogen-bond acceptors (Lipinski definition) is 3. The standard InChI is InChI=1S/C16H22N2O/c1-12(17)10-14-6-4-5-7-16(14)18(3)11-15-8-9-19-13(15)2/h4-9,12H,10-11,17H2,1-3H3. The minimum atomic E-state index is 0.171. The Kier molecular flexibility index (Phi) is 4.27. The lowest BCUT2D eigenvalue weighted by molar-refractivity contribution is 0.529. The van der Waals surface area contributed by atoms with E-state index >= 15 is 0 Å². The average Bonchev–Trinajstić information content (AvgIpc) is 2.75. The van der Waals surface area contributed by atoms with Crippen LogP contribution < -0.4 is 10.6 Å². The topological polar surface area (TPSA) is 42.4 Å². The summed E-state index contributed by atoms with van der Waals surface area (Å²) in [5.41, 5.74) is 9.67. The highest BCUT2D eigenvalue weighted by Gasteiger charge is 2.11. The second-order valence-corrected chi connectivity index (χ2v) is 5.17. The first-order valence-electron chi connectivity index (χ1n) is 6.65. The quantitative estimate of drug-likeness (QED) is 0.896. The van der Waals surface area contributed by atoms with E-state index in [0.29, 0.717) is 0 Å². The summed E-state index contributed by atoms with van der Waals surface area (Å²) in [5, 5.41) is 0. The minimum Gasteiger partial charge on any atom is -0.469 e. The molecule has 1 atom stereocenters. The number of nitrogens with zero attached hydrogens (tertiary/aromatic N) is 1. The van der Waals surface area contributed by atoms with E-state index in [1.165, 1.54) is 16.8 Å². The first-order chi connectivity index (χ1) is 9.08. The predicted octanol–water partition coefficient (Wildman–Crippen LogP) is 3.11. The van der Waals surface area contributed by atoms with E-state index < -0.39 is 0 Å². The lowest BCUT2D eigenvalue weighted by Gasteiger charge is -2.23. The second-order valence-electron chi connectivity index (χ2n) is 5.17. The summed E-state index contributed by atoms with van der Waals surface area (Å²) in [6.07, 6.45) is 2.64. The van der Waals surface area contributed by atoms with Crippen molar-refractivity contribution in [3.8, 4) is 0 Å². The molecule has 1 heterocycles. The smallest absolute Gasteiger partial charge is 0.105 e. The number of rotatable bonds is 5. The van der Waals surface area contributed by atoms with Crippen molar-refractivity contribution in [1.29, 1.82) is 0 Å². The molecule has 3 nitrogen and oxygen atoms in total. The molecule has 0 saturated carbocycles. The molecule has 3 heteroatoms. The van der Waals surface area contributed by atoms with Crippen LogP contribution in [0.4, 0.5) is 5.69 Å². The molecule has 2 rings (SSSR count). The summed E-state index contributed by atoms with van der Waals surface area (Å²) in [6, 6.07) is 10.6. The van der Waals surface area contributed by atoms with Crippen molar-refractivity contribution in [2.24, 2.45) is 5.73 Å². The number of nitrogens with two attached hydrogens (primary N) is 1. The van der Waals surface area contributed by atoms with Crippen molar-refractivity contribution < 1.29 is 4.42 Å². The molecule has 0 amide bonds. The molecular weight excluding hydrogens is 236 g/mol. The van der Waals surface area contributed by atoms with Crippen LogP contribution in [-0.2, 0) is 13.0 Å². The van der Waals surface area contributed by atoms with Crippen LogP contribution in [0.2, 0.25) is 0 Å². The highest BCUT2D eigenvalue weighted by atomic mass is 16.3. The SMILES string of the molecule is Cc1occc1CN(C)c1ccccc1CC(C)N. The van der Waals surface area contributed by atoms with Gasteiger partial charge in [-0.1, -0.05) is 18.2 Å². The molecule has 0 radical (unpaired) electrons. The van der Waals surface area contributed by atoms with Crippen LogP contribution in [-0.4, -0.2) is 13.1 Å².